The molecule has 0 spiro atoms. The second-order valence-electron chi connectivity index (χ2n) is 4.60. The van der Waals surface area contributed by atoms with Gasteiger partial charge in [0.1, 0.15) is 11.5 Å². The van der Waals surface area contributed by atoms with E-state index in [1.54, 1.807) is 0 Å². The summed E-state index contributed by atoms with van der Waals surface area (Å²) >= 11 is 5.91. The molecule has 0 fully saturated rings. The van der Waals surface area contributed by atoms with Crippen molar-refractivity contribution in [3.05, 3.63) is 64.7 Å². The molecule has 2 nitrogen and oxygen atoms in total. The minimum absolute atomic E-state index is 0.177. The Hall–Kier alpha value is -1.80. The second-order valence-corrected chi connectivity index (χ2v) is 5.04. The Kier molecular flexibility index (Phi) is 5.19. The molecule has 0 aliphatic rings. The lowest BCUT2D eigenvalue weighted by Gasteiger charge is -2.05. The van der Waals surface area contributed by atoms with Crippen LogP contribution in [0.5, 0.6) is 5.75 Å². The van der Waals surface area contributed by atoms with Gasteiger partial charge in [-0.05, 0) is 42.3 Å². The first-order chi connectivity index (χ1) is 9.67. The van der Waals surface area contributed by atoms with Crippen LogP contribution in [0.15, 0.2) is 48.5 Å². The lowest BCUT2D eigenvalue weighted by molar-refractivity contribution is -0.117. The van der Waals surface area contributed by atoms with E-state index in [4.69, 9.17) is 16.3 Å². The Morgan fingerprint density at radius 2 is 1.75 bits per heavy atom. The topological polar surface area (TPSA) is 26.3 Å². The third-order valence-corrected chi connectivity index (χ3v) is 3.16. The van der Waals surface area contributed by atoms with Gasteiger partial charge >= 0.3 is 0 Å². The molecule has 104 valence electrons. The summed E-state index contributed by atoms with van der Waals surface area (Å²) in [4.78, 5) is 12.0. The van der Waals surface area contributed by atoms with Crippen LogP contribution in [0.4, 0.5) is 0 Å². The molecule has 0 heterocycles. The fourth-order valence-corrected chi connectivity index (χ4v) is 2.25. The number of hydrogen-bond donors (Lipinski definition) is 0. The zero-order chi connectivity index (χ0) is 14.4. The zero-order valence-electron chi connectivity index (χ0n) is 11.4. The molecule has 0 radical (unpaired) electrons. The number of ether oxygens (including phenoxy) is 1. The number of halogens is 1. The van der Waals surface area contributed by atoms with Crippen molar-refractivity contribution < 1.29 is 9.53 Å². The summed E-state index contributed by atoms with van der Waals surface area (Å²) in [6.07, 6.45) is 0.840. The average Bonchev–Trinajstić information content (AvgIpc) is 2.41. The molecule has 20 heavy (non-hydrogen) atoms. The van der Waals surface area contributed by atoms with Crippen LogP contribution in [0.1, 0.15) is 18.1 Å². The average molecular weight is 289 g/mol. The number of carbonyl (C=O) groups is 1. The zero-order valence-corrected chi connectivity index (χ0v) is 12.2. The first-order valence-corrected chi connectivity index (χ1v) is 7.03. The number of carbonyl (C=O) groups excluding carboxylic acids is 1. The molecular weight excluding hydrogens is 272 g/mol. The smallest absolute Gasteiger partial charge is 0.141 e. The Bertz CT molecular complexity index is 576. The Labute approximate surface area is 124 Å². The predicted octanol–water partition coefficient (Wildman–Crippen LogP) is 4.09. The van der Waals surface area contributed by atoms with Crippen molar-refractivity contribution in [2.24, 2.45) is 0 Å². The first kappa shape index (κ1) is 14.6. The van der Waals surface area contributed by atoms with Crippen molar-refractivity contribution in [1.29, 1.82) is 0 Å². The molecular formula is C17H17ClO2. The van der Waals surface area contributed by atoms with Crippen molar-refractivity contribution in [1.82, 2.24) is 0 Å². The highest BCUT2D eigenvalue weighted by atomic mass is 35.5. The van der Waals surface area contributed by atoms with Gasteiger partial charge in [0.15, 0.2) is 0 Å². The van der Waals surface area contributed by atoms with Gasteiger partial charge in [-0.15, -0.1) is 0 Å². The second kappa shape index (κ2) is 7.11. The predicted molar refractivity (Wildman–Crippen MR) is 81.5 cm³/mol. The normalized spacial score (nSPS) is 10.3. The van der Waals surface area contributed by atoms with Gasteiger partial charge in [0, 0.05) is 17.9 Å². The fraction of sp³-hybridized carbons (Fsp3) is 0.235. The van der Waals surface area contributed by atoms with Gasteiger partial charge in [0.05, 0.1) is 6.61 Å². The van der Waals surface area contributed by atoms with Crippen LogP contribution in [0, 0.1) is 0 Å². The molecule has 2 rings (SSSR count). The van der Waals surface area contributed by atoms with Crippen molar-refractivity contribution in [2.75, 3.05) is 6.61 Å². The summed E-state index contributed by atoms with van der Waals surface area (Å²) in [5, 5.41) is 0.663. The Morgan fingerprint density at radius 1 is 1.05 bits per heavy atom. The molecule has 2 aromatic carbocycles. The largest absolute Gasteiger partial charge is 0.494 e. The molecule has 0 aliphatic heterocycles. The molecule has 0 aliphatic carbocycles. The van der Waals surface area contributed by atoms with Crippen molar-refractivity contribution in [3.63, 3.8) is 0 Å². The summed E-state index contributed by atoms with van der Waals surface area (Å²) < 4.78 is 5.38. The van der Waals surface area contributed by atoms with Crippen LogP contribution < -0.4 is 4.74 Å². The van der Waals surface area contributed by atoms with E-state index in [-0.39, 0.29) is 5.78 Å². The molecule has 3 heteroatoms. The standard InChI is InChI=1S/C17H17ClO2/c1-2-20-17-8-6-13(7-9-17)11-16(19)12-14-4-3-5-15(18)10-14/h3-10H,2,11-12H2,1H3. The van der Waals surface area contributed by atoms with Crippen LogP contribution in [0.3, 0.4) is 0 Å². The third kappa shape index (κ3) is 4.39. The molecule has 0 atom stereocenters. The van der Waals surface area contributed by atoms with Crippen LogP contribution in [-0.4, -0.2) is 12.4 Å². The summed E-state index contributed by atoms with van der Waals surface area (Å²) in [6, 6.07) is 15.1. The maximum Gasteiger partial charge on any atom is 0.141 e. The molecule has 0 saturated heterocycles. The van der Waals surface area contributed by atoms with E-state index in [2.05, 4.69) is 0 Å². The van der Waals surface area contributed by atoms with E-state index < -0.39 is 0 Å². The molecule has 0 N–H and O–H groups in total. The summed E-state index contributed by atoms with van der Waals surface area (Å²) in [7, 11) is 0. The number of hydrogen-bond acceptors (Lipinski definition) is 2. The highest BCUT2D eigenvalue weighted by Gasteiger charge is 2.06. The van der Waals surface area contributed by atoms with E-state index in [1.165, 1.54) is 0 Å². The van der Waals surface area contributed by atoms with Gasteiger partial charge < -0.3 is 4.74 Å². The molecule has 0 bridgehead atoms. The number of Topliss-reactive ketones (excluding diaryl/α,β-unsaturated/α-hetero) is 1. The SMILES string of the molecule is CCOc1ccc(CC(=O)Cc2cccc(Cl)c2)cc1. The maximum atomic E-state index is 12.0. The van der Waals surface area contributed by atoms with Gasteiger partial charge in [0.2, 0.25) is 0 Å². The highest BCUT2D eigenvalue weighted by Crippen LogP contribution is 2.15. The lowest BCUT2D eigenvalue weighted by atomic mass is 10.0. The summed E-state index contributed by atoms with van der Waals surface area (Å²) in [6.45, 7) is 2.59. The van der Waals surface area contributed by atoms with Gasteiger partial charge in [-0.2, -0.15) is 0 Å². The Morgan fingerprint density at radius 3 is 2.40 bits per heavy atom. The molecule has 0 aromatic heterocycles. The molecule has 0 amide bonds. The minimum Gasteiger partial charge on any atom is -0.494 e. The first-order valence-electron chi connectivity index (χ1n) is 6.65. The van der Waals surface area contributed by atoms with Gasteiger partial charge in [0.25, 0.3) is 0 Å². The monoisotopic (exact) mass is 288 g/mol. The van der Waals surface area contributed by atoms with Crippen LogP contribution in [0.25, 0.3) is 0 Å². The van der Waals surface area contributed by atoms with Gasteiger partial charge in [-0.3, -0.25) is 4.79 Å². The number of ketones is 1. The van der Waals surface area contributed by atoms with Crippen molar-refractivity contribution in [2.45, 2.75) is 19.8 Å². The highest BCUT2D eigenvalue weighted by molar-refractivity contribution is 6.30. The number of rotatable bonds is 6. The molecule has 0 unspecified atom stereocenters. The van der Waals surface area contributed by atoms with E-state index in [1.807, 2.05) is 55.5 Å². The Balaban J connectivity index is 1.94. The lowest BCUT2D eigenvalue weighted by Crippen LogP contribution is -2.06. The van der Waals surface area contributed by atoms with Crippen LogP contribution in [0.2, 0.25) is 5.02 Å². The van der Waals surface area contributed by atoms with E-state index in [0.717, 1.165) is 16.9 Å². The van der Waals surface area contributed by atoms with Crippen LogP contribution in [-0.2, 0) is 17.6 Å². The van der Waals surface area contributed by atoms with Gasteiger partial charge in [-0.1, -0.05) is 35.9 Å². The minimum atomic E-state index is 0.177. The van der Waals surface area contributed by atoms with Gasteiger partial charge in [-0.25, -0.2) is 0 Å². The van der Waals surface area contributed by atoms with Crippen molar-refractivity contribution in [3.8, 4) is 5.75 Å². The summed E-state index contributed by atoms with van der Waals surface area (Å²) in [5.41, 5.74) is 1.95. The maximum absolute atomic E-state index is 12.0. The van der Waals surface area contributed by atoms with E-state index in [0.29, 0.717) is 24.5 Å². The van der Waals surface area contributed by atoms with Crippen LogP contribution >= 0.6 is 11.6 Å². The van der Waals surface area contributed by atoms with E-state index >= 15 is 0 Å². The number of benzene rings is 2. The van der Waals surface area contributed by atoms with E-state index in [9.17, 15) is 4.79 Å². The molecule has 0 saturated carbocycles. The summed E-state index contributed by atoms with van der Waals surface area (Å²) in [5.74, 6) is 1.01. The quantitative estimate of drug-likeness (QED) is 0.800. The van der Waals surface area contributed by atoms with Crippen molar-refractivity contribution >= 4 is 17.4 Å². The fourth-order valence-electron chi connectivity index (χ4n) is 2.03. The molecule has 2 aromatic rings. The third-order valence-electron chi connectivity index (χ3n) is 2.93.